The number of imide groups is 1. The first-order valence-electron chi connectivity index (χ1n) is 6.88. The van der Waals surface area contributed by atoms with Crippen LogP contribution in [0.2, 0.25) is 0 Å². The summed E-state index contributed by atoms with van der Waals surface area (Å²) in [6.07, 6.45) is 0. The molecule has 1 unspecified atom stereocenters. The SMILES string of the molecule is CC(C)COc1nc(N2CC(=O)NC(=O)C2C)ccc1N. The smallest absolute Gasteiger partial charge is 0.249 e. The number of nitrogens with two attached hydrogens (primary N) is 1. The standard InChI is InChI=1S/C14H20N4O3/c1-8(2)7-21-14-10(15)4-5-11(16-14)18-6-12(19)17-13(20)9(18)3/h4-5,8-9H,6-7,15H2,1-3H3,(H,17,19,20). The fraction of sp³-hybridized carbons (Fsp3) is 0.500. The van der Waals surface area contributed by atoms with Crippen LogP contribution in [-0.2, 0) is 9.59 Å². The van der Waals surface area contributed by atoms with Gasteiger partial charge in [-0.15, -0.1) is 0 Å². The average Bonchev–Trinajstić information content (AvgIpc) is 2.42. The van der Waals surface area contributed by atoms with E-state index in [1.807, 2.05) is 13.8 Å². The van der Waals surface area contributed by atoms with Gasteiger partial charge in [0.05, 0.1) is 18.8 Å². The molecule has 1 aliphatic heterocycles. The van der Waals surface area contributed by atoms with E-state index in [-0.39, 0.29) is 18.4 Å². The summed E-state index contributed by atoms with van der Waals surface area (Å²) in [7, 11) is 0. The maximum atomic E-state index is 11.7. The number of aromatic nitrogens is 1. The molecule has 2 amide bonds. The fourth-order valence-corrected chi connectivity index (χ4v) is 1.96. The highest BCUT2D eigenvalue weighted by atomic mass is 16.5. The van der Waals surface area contributed by atoms with Gasteiger partial charge in [0, 0.05) is 0 Å². The van der Waals surface area contributed by atoms with E-state index < -0.39 is 6.04 Å². The highest BCUT2D eigenvalue weighted by Gasteiger charge is 2.31. The summed E-state index contributed by atoms with van der Waals surface area (Å²) in [4.78, 5) is 29.2. The van der Waals surface area contributed by atoms with Gasteiger partial charge in [-0.25, -0.2) is 0 Å². The van der Waals surface area contributed by atoms with Crippen LogP contribution in [0.1, 0.15) is 20.8 Å². The van der Waals surface area contributed by atoms with Crippen LogP contribution in [-0.4, -0.2) is 36.0 Å². The summed E-state index contributed by atoms with van der Waals surface area (Å²) in [5, 5.41) is 2.29. The second kappa shape index (κ2) is 5.99. The van der Waals surface area contributed by atoms with Gasteiger partial charge >= 0.3 is 0 Å². The number of carbonyl (C=O) groups is 2. The molecular weight excluding hydrogens is 272 g/mol. The number of nitrogens with one attached hydrogen (secondary N) is 1. The van der Waals surface area contributed by atoms with Crippen LogP contribution >= 0.6 is 0 Å². The zero-order valence-corrected chi connectivity index (χ0v) is 12.4. The number of amides is 2. The maximum Gasteiger partial charge on any atom is 0.249 e. The summed E-state index contributed by atoms with van der Waals surface area (Å²) in [5.74, 6) is 0.484. The maximum absolute atomic E-state index is 11.7. The summed E-state index contributed by atoms with van der Waals surface area (Å²) >= 11 is 0. The van der Waals surface area contributed by atoms with Gasteiger partial charge in [-0.3, -0.25) is 14.9 Å². The predicted molar refractivity (Wildman–Crippen MR) is 78.9 cm³/mol. The molecule has 2 heterocycles. The van der Waals surface area contributed by atoms with Gasteiger partial charge in [0.1, 0.15) is 11.9 Å². The number of nitrogens with zero attached hydrogens (tertiary/aromatic N) is 2. The molecule has 3 N–H and O–H groups in total. The minimum Gasteiger partial charge on any atom is -0.476 e. The molecule has 7 nitrogen and oxygen atoms in total. The Morgan fingerprint density at radius 3 is 2.86 bits per heavy atom. The van der Waals surface area contributed by atoms with Crippen molar-refractivity contribution < 1.29 is 14.3 Å². The van der Waals surface area contributed by atoms with Crippen molar-refractivity contribution in [2.45, 2.75) is 26.8 Å². The zero-order chi connectivity index (χ0) is 15.6. The van der Waals surface area contributed by atoms with E-state index in [1.54, 1.807) is 24.0 Å². The number of ether oxygens (including phenoxy) is 1. The van der Waals surface area contributed by atoms with Gasteiger partial charge in [0.2, 0.25) is 17.7 Å². The van der Waals surface area contributed by atoms with Crippen LogP contribution in [0, 0.1) is 5.92 Å². The second-order valence-electron chi connectivity index (χ2n) is 5.48. The number of pyridine rings is 1. The van der Waals surface area contributed by atoms with Crippen LogP contribution in [0.3, 0.4) is 0 Å². The molecule has 1 aromatic heterocycles. The molecule has 0 aliphatic carbocycles. The molecule has 1 aliphatic rings. The van der Waals surface area contributed by atoms with Gasteiger partial charge in [-0.2, -0.15) is 4.98 Å². The Bertz CT molecular complexity index is 559. The molecule has 21 heavy (non-hydrogen) atoms. The Morgan fingerprint density at radius 1 is 1.48 bits per heavy atom. The number of hydrogen-bond acceptors (Lipinski definition) is 6. The number of hydrogen-bond donors (Lipinski definition) is 2. The van der Waals surface area contributed by atoms with E-state index in [4.69, 9.17) is 10.5 Å². The van der Waals surface area contributed by atoms with E-state index >= 15 is 0 Å². The summed E-state index contributed by atoms with van der Waals surface area (Å²) in [5.41, 5.74) is 6.27. The van der Waals surface area contributed by atoms with Crippen molar-refractivity contribution in [3.05, 3.63) is 12.1 Å². The number of piperazine rings is 1. The molecule has 0 saturated carbocycles. The lowest BCUT2D eigenvalue weighted by Crippen LogP contribution is -2.57. The van der Waals surface area contributed by atoms with Crippen LogP contribution < -0.4 is 20.7 Å². The number of nitrogen functional groups attached to an aromatic ring is 1. The minimum atomic E-state index is -0.475. The van der Waals surface area contributed by atoms with Crippen LogP contribution in [0.25, 0.3) is 0 Å². The largest absolute Gasteiger partial charge is 0.476 e. The number of rotatable bonds is 4. The van der Waals surface area contributed by atoms with Crippen molar-refractivity contribution in [3.8, 4) is 5.88 Å². The van der Waals surface area contributed by atoms with Gasteiger partial charge in [-0.05, 0) is 25.0 Å². The third-order valence-electron chi connectivity index (χ3n) is 3.15. The quantitative estimate of drug-likeness (QED) is 0.787. The first-order chi connectivity index (χ1) is 9.88. The van der Waals surface area contributed by atoms with Gasteiger partial charge in [0.25, 0.3) is 0 Å². The van der Waals surface area contributed by atoms with Gasteiger partial charge in [0.15, 0.2) is 0 Å². The van der Waals surface area contributed by atoms with Crippen molar-refractivity contribution in [3.63, 3.8) is 0 Å². The molecule has 1 aromatic rings. The molecule has 0 aromatic carbocycles. The van der Waals surface area contributed by atoms with Gasteiger partial charge in [-0.1, -0.05) is 13.8 Å². The number of anilines is 2. The molecule has 0 radical (unpaired) electrons. The zero-order valence-electron chi connectivity index (χ0n) is 12.4. The monoisotopic (exact) mass is 292 g/mol. The molecule has 1 saturated heterocycles. The van der Waals surface area contributed by atoms with E-state index in [1.165, 1.54) is 0 Å². The Hall–Kier alpha value is -2.31. The lowest BCUT2D eigenvalue weighted by molar-refractivity contribution is -0.132. The average molecular weight is 292 g/mol. The van der Waals surface area contributed by atoms with E-state index in [0.29, 0.717) is 29.9 Å². The summed E-state index contributed by atoms with van der Waals surface area (Å²) in [6.45, 7) is 6.34. The minimum absolute atomic E-state index is 0.0768. The third-order valence-corrected chi connectivity index (χ3v) is 3.15. The third kappa shape index (κ3) is 3.42. The Morgan fingerprint density at radius 2 is 2.19 bits per heavy atom. The van der Waals surface area contributed by atoms with Gasteiger partial charge < -0.3 is 15.4 Å². The highest BCUT2D eigenvalue weighted by molar-refractivity contribution is 6.04. The van der Waals surface area contributed by atoms with Crippen molar-refractivity contribution in [2.24, 2.45) is 5.92 Å². The molecular formula is C14H20N4O3. The van der Waals surface area contributed by atoms with Crippen LogP contribution in [0.15, 0.2) is 12.1 Å². The molecule has 1 atom stereocenters. The topological polar surface area (TPSA) is 97.5 Å². The summed E-state index contributed by atoms with van der Waals surface area (Å²) in [6, 6.07) is 2.87. The van der Waals surface area contributed by atoms with E-state index in [9.17, 15) is 9.59 Å². The van der Waals surface area contributed by atoms with Crippen LogP contribution in [0.5, 0.6) is 5.88 Å². The Labute approximate surface area is 123 Å². The van der Waals surface area contributed by atoms with Crippen molar-refractivity contribution in [1.82, 2.24) is 10.3 Å². The molecule has 114 valence electrons. The highest BCUT2D eigenvalue weighted by Crippen LogP contribution is 2.25. The normalized spacial score (nSPS) is 18.9. The predicted octanol–water partition coefficient (Wildman–Crippen LogP) is 0.550. The van der Waals surface area contributed by atoms with Crippen molar-refractivity contribution >= 4 is 23.3 Å². The Kier molecular flexibility index (Phi) is 4.30. The van der Waals surface area contributed by atoms with Crippen molar-refractivity contribution in [1.29, 1.82) is 0 Å². The lowest BCUT2D eigenvalue weighted by Gasteiger charge is -2.32. The fourth-order valence-electron chi connectivity index (χ4n) is 1.96. The lowest BCUT2D eigenvalue weighted by atomic mass is 10.2. The second-order valence-corrected chi connectivity index (χ2v) is 5.48. The number of carbonyl (C=O) groups excluding carboxylic acids is 2. The van der Waals surface area contributed by atoms with E-state index in [0.717, 1.165) is 0 Å². The van der Waals surface area contributed by atoms with Crippen LogP contribution in [0.4, 0.5) is 11.5 Å². The first kappa shape index (κ1) is 15.1. The molecule has 7 heteroatoms. The molecule has 1 fully saturated rings. The molecule has 0 bridgehead atoms. The molecule has 0 spiro atoms. The van der Waals surface area contributed by atoms with E-state index in [2.05, 4.69) is 10.3 Å². The Balaban J connectivity index is 2.25. The van der Waals surface area contributed by atoms with Crippen molar-refractivity contribution in [2.75, 3.05) is 23.8 Å². The first-order valence-corrected chi connectivity index (χ1v) is 6.88. The summed E-state index contributed by atoms with van der Waals surface area (Å²) < 4.78 is 5.57. The molecule has 2 rings (SSSR count).